The van der Waals surface area contributed by atoms with Crippen molar-refractivity contribution in [1.29, 1.82) is 0 Å². The molecule has 0 spiro atoms. The summed E-state index contributed by atoms with van der Waals surface area (Å²) in [6.45, 7) is 12.9. The SMILES string of the molecule is CC1(O)CCN(CCCNC(C)(C)C)CC1. The first-order valence-electron chi connectivity index (χ1n) is 6.48. The topological polar surface area (TPSA) is 35.5 Å². The number of piperidine rings is 1. The lowest BCUT2D eigenvalue weighted by molar-refractivity contribution is -0.00543. The zero-order chi connectivity index (χ0) is 12.2. The number of hydrogen-bond donors (Lipinski definition) is 2. The van der Waals surface area contributed by atoms with E-state index in [2.05, 4.69) is 31.0 Å². The molecule has 0 aromatic rings. The van der Waals surface area contributed by atoms with E-state index in [1.165, 1.54) is 6.42 Å². The third-order valence-electron chi connectivity index (χ3n) is 3.24. The smallest absolute Gasteiger partial charge is 0.0644 e. The van der Waals surface area contributed by atoms with E-state index >= 15 is 0 Å². The Morgan fingerprint density at radius 2 is 1.81 bits per heavy atom. The van der Waals surface area contributed by atoms with Crippen LogP contribution in [0.2, 0.25) is 0 Å². The van der Waals surface area contributed by atoms with Crippen LogP contribution in [-0.4, -0.2) is 47.3 Å². The predicted octanol–water partition coefficient (Wildman–Crippen LogP) is 1.61. The molecule has 1 rings (SSSR count). The molecule has 3 heteroatoms. The van der Waals surface area contributed by atoms with Crippen LogP contribution in [0.15, 0.2) is 0 Å². The summed E-state index contributed by atoms with van der Waals surface area (Å²) in [6.07, 6.45) is 3.03. The Kier molecular flexibility index (Phi) is 4.77. The molecule has 0 bridgehead atoms. The molecular formula is C13H28N2O. The Morgan fingerprint density at radius 3 is 2.31 bits per heavy atom. The molecule has 3 nitrogen and oxygen atoms in total. The van der Waals surface area contributed by atoms with Crippen LogP contribution in [0.4, 0.5) is 0 Å². The van der Waals surface area contributed by atoms with E-state index in [9.17, 15) is 5.11 Å². The number of likely N-dealkylation sites (tertiary alicyclic amines) is 1. The molecule has 0 amide bonds. The maximum Gasteiger partial charge on any atom is 0.0644 e. The van der Waals surface area contributed by atoms with Gasteiger partial charge >= 0.3 is 0 Å². The van der Waals surface area contributed by atoms with Crippen molar-refractivity contribution in [2.45, 2.75) is 58.1 Å². The van der Waals surface area contributed by atoms with Crippen LogP contribution >= 0.6 is 0 Å². The van der Waals surface area contributed by atoms with Crippen molar-refractivity contribution in [2.24, 2.45) is 0 Å². The standard InChI is InChI=1S/C13H28N2O/c1-12(2,3)14-8-5-9-15-10-6-13(4,16)7-11-15/h14,16H,5-11H2,1-4H3. The second-order valence-corrected chi connectivity index (χ2v) is 6.37. The molecular weight excluding hydrogens is 200 g/mol. The van der Waals surface area contributed by atoms with Gasteiger partial charge in [0.1, 0.15) is 0 Å². The fourth-order valence-corrected chi connectivity index (χ4v) is 2.02. The van der Waals surface area contributed by atoms with Gasteiger partial charge in [0, 0.05) is 18.6 Å². The largest absolute Gasteiger partial charge is 0.390 e. The van der Waals surface area contributed by atoms with Crippen molar-refractivity contribution in [3.63, 3.8) is 0 Å². The van der Waals surface area contributed by atoms with E-state index in [4.69, 9.17) is 0 Å². The number of aliphatic hydroxyl groups is 1. The highest BCUT2D eigenvalue weighted by molar-refractivity contribution is 4.81. The summed E-state index contributed by atoms with van der Waals surface area (Å²) in [5, 5.41) is 13.3. The summed E-state index contributed by atoms with van der Waals surface area (Å²) in [7, 11) is 0. The van der Waals surface area contributed by atoms with Gasteiger partial charge in [-0.15, -0.1) is 0 Å². The van der Waals surface area contributed by atoms with Crippen LogP contribution < -0.4 is 5.32 Å². The van der Waals surface area contributed by atoms with Crippen molar-refractivity contribution < 1.29 is 5.11 Å². The summed E-state index contributed by atoms with van der Waals surface area (Å²) in [6, 6.07) is 0. The average molecular weight is 228 g/mol. The van der Waals surface area contributed by atoms with E-state index in [0.29, 0.717) is 0 Å². The van der Waals surface area contributed by atoms with E-state index in [1.807, 2.05) is 6.92 Å². The maximum atomic E-state index is 9.83. The highest BCUT2D eigenvalue weighted by Gasteiger charge is 2.26. The Hall–Kier alpha value is -0.120. The van der Waals surface area contributed by atoms with Crippen LogP contribution in [0, 0.1) is 0 Å². The molecule has 0 saturated carbocycles. The van der Waals surface area contributed by atoms with Crippen molar-refractivity contribution in [3.05, 3.63) is 0 Å². The van der Waals surface area contributed by atoms with Gasteiger partial charge in [-0.1, -0.05) is 0 Å². The minimum atomic E-state index is -0.417. The molecule has 2 N–H and O–H groups in total. The highest BCUT2D eigenvalue weighted by Crippen LogP contribution is 2.20. The number of rotatable bonds is 4. The Bertz CT molecular complexity index is 198. The molecule has 0 aromatic heterocycles. The van der Waals surface area contributed by atoms with Gasteiger partial charge in [0.2, 0.25) is 0 Å². The Balaban J connectivity index is 2.07. The molecule has 1 fully saturated rings. The van der Waals surface area contributed by atoms with Crippen LogP contribution in [-0.2, 0) is 0 Å². The second kappa shape index (κ2) is 5.48. The zero-order valence-corrected chi connectivity index (χ0v) is 11.3. The summed E-state index contributed by atoms with van der Waals surface area (Å²) >= 11 is 0. The van der Waals surface area contributed by atoms with Crippen LogP contribution in [0.25, 0.3) is 0 Å². The van der Waals surface area contributed by atoms with E-state index in [1.54, 1.807) is 0 Å². The van der Waals surface area contributed by atoms with Gasteiger partial charge in [-0.2, -0.15) is 0 Å². The molecule has 0 radical (unpaired) electrons. The molecule has 1 heterocycles. The van der Waals surface area contributed by atoms with Crippen LogP contribution in [0.5, 0.6) is 0 Å². The molecule has 0 unspecified atom stereocenters. The van der Waals surface area contributed by atoms with Gasteiger partial charge in [0.25, 0.3) is 0 Å². The minimum absolute atomic E-state index is 0.228. The van der Waals surface area contributed by atoms with Crippen molar-refractivity contribution in [3.8, 4) is 0 Å². The predicted molar refractivity (Wildman–Crippen MR) is 68.7 cm³/mol. The minimum Gasteiger partial charge on any atom is -0.390 e. The van der Waals surface area contributed by atoms with Gasteiger partial charge < -0.3 is 15.3 Å². The quantitative estimate of drug-likeness (QED) is 0.718. The zero-order valence-electron chi connectivity index (χ0n) is 11.3. The van der Waals surface area contributed by atoms with Gasteiger partial charge in [0.15, 0.2) is 0 Å². The first kappa shape index (κ1) is 13.9. The lowest BCUT2D eigenvalue weighted by Crippen LogP contribution is -2.43. The maximum absolute atomic E-state index is 9.83. The Morgan fingerprint density at radius 1 is 1.25 bits per heavy atom. The summed E-state index contributed by atoms with van der Waals surface area (Å²) in [5.41, 5.74) is -0.189. The molecule has 1 aliphatic heterocycles. The molecule has 16 heavy (non-hydrogen) atoms. The third kappa shape index (κ3) is 5.83. The molecule has 1 aliphatic rings. The van der Waals surface area contributed by atoms with Gasteiger partial charge in [0.05, 0.1) is 5.60 Å². The molecule has 96 valence electrons. The van der Waals surface area contributed by atoms with Crippen molar-refractivity contribution >= 4 is 0 Å². The Labute approximate surface area is 100 Å². The van der Waals surface area contributed by atoms with Gasteiger partial charge in [-0.3, -0.25) is 0 Å². The van der Waals surface area contributed by atoms with Gasteiger partial charge in [-0.25, -0.2) is 0 Å². The third-order valence-corrected chi connectivity index (χ3v) is 3.24. The van der Waals surface area contributed by atoms with E-state index in [-0.39, 0.29) is 5.54 Å². The summed E-state index contributed by atoms with van der Waals surface area (Å²) < 4.78 is 0. The number of nitrogens with one attached hydrogen (secondary N) is 1. The van der Waals surface area contributed by atoms with E-state index < -0.39 is 5.60 Å². The lowest BCUT2D eigenvalue weighted by atomic mass is 9.94. The molecule has 0 aromatic carbocycles. The second-order valence-electron chi connectivity index (χ2n) is 6.37. The van der Waals surface area contributed by atoms with Gasteiger partial charge in [-0.05, 0) is 60.0 Å². The van der Waals surface area contributed by atoms with Crippen molar-refractivity contribution in [1.82, 2.24) is 10.2 Å². The highest BCUT2D eigenvalue weighted by atomic mass is 16.3. The molecule has 1 saturated heterocycles. The van der Waals surface area contributed by atoms with Crippen molar-refractivity contribution in [2.75, 3.05) is 26.2 Å². The normalized spacial score (nSPS) is 22.3. The van der Waals surface area contributed by atoms with Crippen LogP contribution in [0.3, 0.4) is 0 Å². The first-order valence-corrected chi connectivity index (χ1v) is 6.48. The van der Waals surface area contributed by atoms with Crippen LogP contribution in [0.1, 0.15) is 47.0 Å². The monoisotopic (exact) mass is 228 g/mol. The number of hydrogen-bond acceptors (Lipinski definition) is 3. The average Bonchev–Trinajstić information content (AvgIpc) is 2.13. The summed E-state index contributed by atoms with van der Waals surface area (Å²) in [5.74, 6) is 0. The van der Waals surface area contributed by atoms with E-state index in [0.717, 1.165) is 39.0 Å². The number of nitrogens with zero attached hydrogens (tertiary/aromatic N) is 1. The summed E-state index contributed by atoms with van der Waals surface area (Å²) in [4.78, 5) is 2.46. The lowest BCUT2D eigenvalue weighted by Gasteiger charge is -2.35. The fraction of sp³-hybridized carbons (Fsp3) is 1.00. The molecule has 0 aliphatic carbocycles. The molecule has 0 atom stereocenters. The fourth-order valence-electron chi connectivity index (χ4n) is 2.02. The first-order chi connectivity index (χ1) is 7.29.